The standard InChI is InChI=1S/C18H20N2O2/c1-12-5-4-8-15(9-12)19-20-18(22)16-10-13-6-2-3-7-14(13)11-17(16)21/h2-3,6-7,10-12,21H,4-5,8-9H2,1H3,(H,20,22). The summed E-state index contributed by atoms with van der Waals surface area (Å²) in [5.74, 6) is 0.237. The molecule has 0 aliphatic heterocycles. The van der Waals surface area contributed by atoms with Crippen LogP contribution in [0.3, 0.4) is 0 Å². The summed E-state index contributed by atoms with van der Waals surface area (Å²) in [4.78, 5) is 12.3. The van der Waals surface area contributed by atoms with E-state index >= 15 is 0 Å². The molecule has 0 aromatic heterocycles. The van der Waals surface area contributed by atoms with E-state index in [2.05, 4.69) is 17.5 Å². The molecule has 2 aromatic carbocycles. The van der Waals surface area contributed by atoms with E-state index in [-0.39, 0.29) is 17.2 Å². The lowest BCUT2D eigenvalue weighted by Gasteiger charge is -2.19. The van der Waals surface area contributed by atoms with Gasteiger partial charge in [0.2, 0.25) is 0 Å². The highest BCUT2D eigenvalue weighted by Crippen LogP contribution is 2.25. The minimum atomic E-state index is -0.367. The number of phenols is 1. The summed E-state index contributed by atoms with van der Waals surface area (Å²) in [7, 11) is 0. The van der Waals surface area contributed by atoms with Crippen LogP contribution in [0.4, 0.5) is 0 Å². The molecule has 3 rings (SSSR count). The Labute approximate surface area is 129 Å². The lowest BCUT2D eigenvalue weighted by Crippen LogP contribution is -2.22. The molecule has 0 heterocycles. The van der Waals surface area contributed by atoms with E-state index in [1.54, 1.807) is 12.1 Å². The fraction of sp³-hybridized carbons (Fsp3) is 0.333. The second kappa shape index (κ2) is 6.18. The summed E-state index contributed by atoms with van der Waals surface area (Å²) in [6.45, 7) is 2.20. The minimum Gasteiger partial charge on any atom is -0.507 e. The van der Waals surface area contributed by atoms with E-state index in [4.69, 9.17) is 0 Å². The quantitative estimate of drug-likeness (QED) is 0.827. The maximum Gasteiger partial charge on any atom is 0.275 e. The van der Waals surface area contributed by atoms with Crippen molar-refractivity contribution in [3.05, 3.63) is 42.0 Å². The van der Waals surface area contributed by atoms with Crippen LogP contribution in [0.25, 0.3) is 10.8 Å². The first-order valence-corrected chi connectivity index (χ1v) is 7.71. The third-order valence-corrected chi connectivity index (χ3v) is 4.17. The summed E-state index contributed by atoms with van der Waals surface area (Å²) in [5, 5.41) is 16.1. The highest BCUT2D eigenvalue weighted by molar-refractivity contribution is 6.02. The lowest BCUT2D eigenvalue weighted by molar-refractivity contribution is 0.0952. The van der Waals surface area contributed by atoms with Gasteiger partial charge in [-0.2, -0.15) is 5.10 Å². The molecule has 114 valence electrons. The Balaban J connectivity index is 1.80. The number of carbonyl (C=O) groups is 1. The number of phenolic OH excluding ortho intramolecular Hbond substituents is 1. The Bertz CT molecular complexity index is 737. The average molecular weight is 296 g/mol. The third kappa shape index (κ3) is 3.11. The predicted octanol–water partition coefficient (Wildman–Crippen LogP) is 3.84. The molecule has 0 saturated heterocycles. The van der Waals surface area contributed by atoms with E-state index < -0.39 is 0 Å². The molecule has 0 spiro atoms. The van der Waals surface area contributed by atoms with Crippen molar-refractivity contribution >= 4 is 22.4 Å². The van der Waals surface area contributed by atoms with E-state index in [9.17, 15) is 9.90 Å². The zero-order valence-corrected chi connectivity index (χ0v) is 12.7. The van der Waals surface area contributed by atoms with Crippen LogP contribution >= 0.6 is 0 Å². The first-order chi connectivity index (χ1) is 10.6. The van der Waals surface area contributed by atoms with Gasteiger partial charge < -0.3 is 5.11 Å². The predicted molar refractivity (Wildman–Crippen MR) is 88.1 cm³/mol. The van der Waals surface area contributed by atoms with Gasteiger partial charge in [0.25, 0.3) is 5.91 Å². The second-order valence-electron chi connectivity index (χ2n) is 6.04. The summed E-state index contributed by atoms with van der Waals surface area (Å²) in [6.07, 6.45) is 4.22. The Hall–Kier alpha value is -2.36. The fourth-order valence-corrected chi connectivity index (χ4v) is 2.96. The molecule has 1 saturated carbocycles. The Morgan fingerprint density at radius 1 is 1.27 bits per heavy atom. The third-order valence-electron chi connectivity index (χ3n) is 4.17. The van der Waals surface area contributed by atoms with Crippen molar-refractivity contribution in [3.8, 4) is 5.75 Å². The lowest BCUT2D eigenvalue weighted by atomic mass is 9.89. The van der Waals surface area contributed by atoms with E-state index in [1.807, 2.05) is 24.3 Å². The topological polar surface area (TPSA) is 61.7 Å². The van der Waals surface area contributed by atoms with Gasteiger partial charge in [0, 0.05) is 5.71 Å². The first-order valence-electron chi connectivity index (χ1n) is 7.71. The molecule has 1 aliphatic rings. The van der Waals surface area contributed by atoms with Crippen LogP contribution in [-0.4, -0.2) is 16.7 Å². The molecule has 0 radical (unpaired) electrons. The van der Waals surface area contributed by atoms with Crippen molar-refractivity contribution in [1.29, 1.82) is 0 Å². The maximum absolute atomic E-state index is 12.3. The van der Waals surface area contributed by atoms with Crippen molar-refractivity contribution in [3.63, 3.8) is 0 Å². The number of rotatable bonds is 2. The van der Waals surface area contributed by atoms with Crippen molar-refractivity contribution in [1.82, 2.24) is 5.43 Å². The molecule has 0 bridgehead atoms. The van der Waals surface area contributed by atoms with Gasteiger partial charge >= 0.3 is 0 Å². The normalized spacial score (nSPS) is 20.2. The fourth-order valence-electron chi connectivity index (χ4n) is 2.96. The summed E-state index contributed by atoms with van der Waals surface area (Å²) < 4.78 is 0. The highest BCUT2D eigenvalue weighted by atomic mass is 16.3. The van der Waals surface area contributed by atoms with Gasteiger partial charge in [0.05, 0.1) is 5.56 Å². The zero-order valence-electron chi connectivity index (χ0n) is 12.7. The van der Waals surface area contributed by atoms with Gasteiger partial charge in [-0.25, -0.2) is 5.43 Å². The van der Waals surface area contributed by atoms with Crippen molar-refractivity contribution in [2.24, 2.45) is 11.0 Å². The number of fused-ring (bicyclic) bond motifs is 1. The highest BCUT2D eigenvalue weighted by Gasteiger charge is 2.16. The summed E-state index contributed by atoms with van der Waals surface area (Å²) in [6, 6.07) is 10.9. The van der Waals surface area contributed by atoms with Crippen LogP contribution in [0, 0.1) is 5.92 Å². The monoisotopic (exact) mass is 296 g/mol. The van der Waals surface area contributed by atoms with Crippen LogP contribution in [0.2, 0.25) is 0 Å². The van der Waals surface area contributed by atoms with Crippen LogP contribution in [0.1, 0.15) is 43.0 Å². The molecule has 4 nitrogen and oxygen atoms in total. The Morgan fingerprint density at radius 3 is 2.73 bits per heavy atom. The molecule has 2 N–H and O–H groups in total. The smallest absolute Gasteiger partial charge is 0.275 e. The SMILES string of the molecule is CC1CCCC(=NNC(=O)c2cc3ccccc3cc2O)C1. The molecule has 4 heteroatoms. The van der Waals surface area contributed by atoms with Crippen LogP contribution in [-0.2, 0) is 0 Å². The number of aromatic hydroxyl groups is 1. The number of amides is 1. The van der Waals surface area contributed by atoms with Gasteiger partial charge in [-0.15, -0.1) is 0 Å². The number of carbonyl (C=O) groups excluding carboxylic acids is 1. The van der Waals surface area contributed by atoms with Gasteiger partial charge in [-0.05, 0) is 54.5 Å². The van der Waals surface area contributed by atoms with Crippen LogP contribution < -0.4 is 5.43 Å². The van der Waals surface area contributed by atoms with E-state index in [0.717, 1.165) is 35.7 Å². The summed E-state index contributed by atoms with van der Waals surface area (Å²) in [5.41, 5.74) is 3.87. The van der Waals surface area contributed by atoms with Gasteiger partial charge in [-0.1, -0.05) is 31.2 Å². The molecule has 22 heavy (non-hydrogen) atoms. The van der Waals surface area contributed by atoms with E-state index in [0.29, 0.717) is 5.92 Å². The summed E-state index contributed by atoms with van der Waals surface area (Å²) >= 11 is 0. The number of hydrogen-bond acceptors (Lipinski definition) is 3. The van der Waals surface area contributed by atoms with Gasteiger partial charge in [0.15, 0.2) is 0 Å². The first kappa shape index (κ1) is 14.6. The zero-order chi connectivity index (χ0) is 15.5. The number of hydrogen-bond donors (Lipinski definition) is 2. The van der Waals surface area contributed by atoms with Crippen LogP contribution in [0.15, 0.2) is 41.5 Å². The van der Waals surface area contributed by atoms with Crippen molar-refractivity contribution in [2.75, 3.05) is 0 Å². The maximum atomic E-state index is 12.3. The molecular weight excluding hydrogens is 276 g/mol. The largest absolute Gasteiger partial charge is 0.507 e. The van der Waals surface area contributed by atoms with Crippen molar-refractivity contribution < 1.29 is 9.90 Å². The number of nitrogens with one attached hydrogen (secondary N) is 1. The minimum absolute atomic E-state index is 0.0200. The molecule has 1 fully saturated rings. The number of nitrogens with zero attached hydrogens (tertiary/aromatic N) is 1. The Morgan fingerprint density at radius 2 is 2.00 bits per heavy atom. The van der Waals surface area contributed by atoms with E-state index in [1.165, 1.54) is 6.42 Å². The molecule has 2 aromatic rings. The Kier molecular flexibility index (Phi) is 4.09. The average Bonchev–Trinajstić information content (AvgIpc) is 2.52. The molecule has 1 unspecified atom stereocenters. The molecule has 1 aliphatic carbocycles. The molecular formula is C18H20N2O2. The van der Waals surface area contributed by atoms with Gasteiger partial charge in [-0.3, -0.25) is 4.79 Å². The second-order valence-corrected chi connectivity index (χ2v) is 6.04. The van der Waals surface area contributed by atoms with Gasteiger partial charge in [0.1, 0.15) is 5.75 Å². The number of hydrazone groups is 1. The number of benzene rings is 2. The molecule has 1 amide bonds. The van der Waals surface area contributed by atoms with Crippen LogP contribution in [0.5, 0.6) is 5.75 Å². The van der Waals surface area contributed by atoms with Crippen molar-refractivity contribution in [2.45, 2.75) is 32.6 Å². The molecule has 1 atom stereocenters.